The second-order valence-corrected chi connectivity index (χ2v) is 4.58. The summed E-state index contributed by atoms with van der Waals surface area (Å²) in [6.07, 6.45) is -0.274. The third kappa shape index (κ3) is 3.24. The molecule has 0 amide bonds. The van der Waals surface area contributed by atoms with E-state index in [9.17, 15) is 4.39 Å². The Morgan fingerprint density at radius 2 is 1.90 bits per heavy atom. The number of nitrogens with one attached hydrogen (secondary N) is 1. The van der Waals surface area contributed by atoms with Crippen LogP contribution in [0.3, 0.4) is 0 Å². The normalized spacial score (nSPS) is 16.6. The molecule has 3 rings (SSSR count). The zero-order chi connectivity index (χ0) is 14.7. The SMILES string of the molecule is ONC[C@@H]1COc2ccc(Oc3ccc(F)cc3)cc2O1. The lowest BCUT2D eigenvalue weighted by atomic mass is 10.2. The third-order valence-electron chi connectivity index (χ3n) is 3.00. The smallest absolute Gasteiger partial charge is 0.165 e. The lowest BCUT2D eigenvalue weighted by molar-refractivity contribution is 0.0525. The Bertz CT molecular complexity index is 618. The van der Waals surface area contributed by atoms with E-state index in [1.54, 1.807) is 30.3 Å². The molecule has 2 N–H and O–H groups in total. The van der Waals surface area contributed by atoms with Gasteiger partial charge in [0, 0.05) is 6.07 Å². The number of rotatable bonds is 4. The van der Waals surface area contributed by atoms with Gasteiger partial charge in [0.2, 0.25) is 0 Å². The molecule has 21 heavy (non-hydrogen) atoms. The zero-order valence-corrected chi connectivity index (χ0v) is 11.1. The first-order chi connectivity index (χ1) is 10.2. The summed E-state index contributed by atoms with van der Waals surface area (Å²) < 4.78 is 29.7. The van der Waals surface area contributed by atoms with Gasteiger partial charge < -0.3 is 19.4 Å². The van der Waals surface area contributed by atoms with Crippen LogP contribution in [0.15, 0.2) is 42.5 Å². The van der Waals surface area contributed by atoms with E-state index in [4.69, 9.17) is 19.4 Å². The fraction of sp³-hybridized carbons (Fsp3) is 0.200. The average Bonchev–Trinajstić information content (AvgIpc) is 2.50. The first-order valence-electron chi connectivity index (χ1n) is 6.48. The van der Waals surface area contributed by atoms with E-state index in [1.165, 1.54) is 12.1 Å². The van der Waals surface area contributed by atoms with Crippen molar-refractivity contribution in [2.75, 3.05) is 13.2 Å². The van der Waals surface area contributed by atoms with Gasteiger partial charge in [0.05, 0.1) is 6.54 Å². The molecule has 0 radical (unpaired) electrons. The summed E-state index contributed by atoms with van der Waals surface area (Å²) in [7, 11) is 0. The average molecular weight is 291 g/mol. The van der Waals surface area contributed by atoms with Gasteiger partial charge in [-0.25, -0.2) is 9.87 Å². The highest BCUT2D eigenvalue weighted by atomic mass is 19.1. The molecule has 110 valence electrons. The molecule has 0 aromatic heterocycles. The molecule has 0 bridgehead atoms. The summed E-state index contributed by atoms with van der Waals surface area (Å²) in [6.45, 7) is 0.626. The molecule has 0 unspecified atom stereocenters. The number of ether oxygens (including phenoxy) is 3. The molecular weight excluding hydrogens is 277 g/mol. The Labute approximate surface area is 120 Å². The van der Waals surface area contributed by atoms with Crippen LogP contribution < -0.4 is 19.7 Å². The second kappa shape index (κ2) is 5.99. The predicted octanol–water partition coefficient (Wildman–Crippen LogP) is 2.74. The molecule has 1 aliphatic rings. The molecule has 2 aromatic carbocycles. The molecule has 2 aromatic rings. The summed E-state index contributed by atoms with van der Waals surface area (Å²) in [5.41, 5.74) is 2.06. The minimum absolute atomic E-state index is 0.266. The molecule has 1 heterocycles. The Hall–Kier alpha value is -2.31. The lowest BCUT2D eigenvalue weighted by Gasteiger charge is -2.26. The van der Waals surface area contributed by atoms with Crippen LogP contribution in [0.4, 0.5) is 4.39 Å². The van der Waals surface area contributed by atoms with Crippen molar-refractivity contribution in [3.05, 3.63) is 48.3 Å². The van der Waals surface area contributed by atoms with Gasteiger partial charge in [-0.05, 0) is 36.4 Å². The lowest BCUT2D eigenvalue weighted by Crippen LogP contribution is -2.37. The van der Waals surface area contributed by atoms with Gasteiger partial charge in [0.25, 0.3) is 0 Å². The summed E-state index contributed by atoms with van der Waals surface area (Å²) in [4.78, 5) is 0. The third-order valence-corrected chi connectivity index (χ3v) is 3.00. The van der Waals surface area contributed by atoms with E-state index in [0.717, 1.165) is 0 Å². The van der Waals surface area contributed by atoms with E-state index in [2.05, 4.69) is 5.48 Å². The van der Waals surface area contributed by atoms with Gasteiger partial charge in [-0.1, -0.05) is 0 Å². The van der Waals surface area contributed by atoms with Crippen LogP contribution in [0.5, 0.6) is 23.0 Å². The first-order valence-corrected chi connectivity index (χ1v) is 6.48. The van der Waals surface area contributed by atoms with Crippen LogP contribution in [0, 0.1) is 5.82 Å². The molecule has 0 spiro atoms. The molecule has 0 aliphatic carbocycles. The molecule has 5 nitrogen and oxygen atoms in total. The Kier molecular flexibility index (Phi) is 3.89. The van der Waals surface area contributed by atoms with Gasteiger partial charge in [0.1, 0.15) is 30.0 Å². The summed E-state index contributed by atoms with van der Waals surface area (Å²) in [6, 6.07) is 10.9. The predicted molar refractivity (Wildman–Crippen MR) is 72.6 cm³/mol. The Morgan fingerprint density at radius 3 is 2.67 bits per heavy atom. The van der Waals surface area contributed by atoms with Crippen molar-refractivity contribution >= 4 is 0 Å². The van der Waals surface area contributed by atoms with Gasteiger partial charge in [-0.15, -0.1) is 0 Å². The molecule has 6 heteroatoms. The van der Waals surface area contributed by atoms with Gasteiger partial charge >= 0.3 is 0 Å². The number of hydroxylamine groups is 1. The highest BCUT2D eigenvalue weighted by molar-refractivity contribution is 5.47. The van der Waals surface area contributed by atoms with Gasteiger partial charge in [-0.3, -0.25) is 0 Å². The number of hydrogen-bond donors (Lipinski definition) is 2. The Balaban J connectivity index is 1.76. The van der Waals surface area contributed by atoms with Crippen LogP contribution in [-0.2, 0) is 0 Å². The van der Waals surface area contributed by atoms with Crippen LogP contribution in [0.1, 0.15) is 0 Å². The van der Waals surface area contributed by atoms with Crippen molar-refractivity contribution in [1.82, 2.24) is 5.48 Å². The molecule has 1 atom stereocenters. The second-order valence-electron chi connectivity index (χ2n) is 4.58. The standard InChI is InChI=1S/C15H14FNO4/c16-10-1-3-11(4-2-10)20-12-5-6-14-15(7-12)21-13(8-17-18)9-19-14/h1-7,13,17-18H,8-9H2/t13-/m1/s1. The number of halogens is 1. The van der Waals surface area contributed by atoms with Crippen molar-refractivity contribution in [3.63, 3.8) is 0 Å². The van der Waals surface area contributed by atoms with E-state index in [-0.39, 0.29) is 18.5 Å². The monoisotopic (exact) mass is 291 g/mol. The molecule has 0 saturated carbocycles. The molecular formula is C15H14FNO4. The zero-order valence-electron chi connectivity index (χ0n) is 11.1. The maximum atomic E-state index is 12.8. The van der Waals surface area contributed by atoms with E-state index >= 15 is 0 Å². The van der Waals surface area contributed by atoms with Gasteiger partial charge in [0.15, 0.2) is 11.5 Å². The van der Waals surface area contributed by atoms with Crippen molar-refractivity contribution in [2.45, 2.75) is 6.10 Å². The highest BCUT2D eigenvalue weighted by Gasteiger charge is 2.21. The van der Waals surface area contributed by atoms with Crippen molar-refractivity contribution in [1.29, 1.82) is 0 Å². The number of hydrogen-bond acceptors (Lipinski definition) is 5. The maximum Gasteiger partial charge on any atom is 0.165 e. The minimum Gasteiger partial charge on any atom is -0.486 e. The minimum atomic E-state index is -0.316. The summed E-state index contributed by atoms with van der Waals surface area (Å²) >= 11 is 0. The number of benzene rings is 2. The van der Waals surface area contributed by atoms with Gasteiger partial charge in [-0.2, -0.15) is 0 Å². The van der Waals surface area contributed by atoms with E-state index in [1.807, 2.05) is 0 Å². The fourth-order valence-corrected chi connectivity index (χ4v) is 2.00. The van der Waals surface area contributed by atoms with Crippen LogP contribution in [0.25, 0.3) is 0 Å². The maximum absolute atomic E-state index is 12.8. The van der Waals surface area contributed by atoms with Crippen LogP contribution in [0.2, 0.25) is 0 Å². The quantitative estimate of drug-likeness (QED) is 0.848. The molecule has 0 fully saturated rings. The first kappa shape index (κ1) is 13.7. The highest BCUT2D eigenvalue weighted by Crippen LogP contribution is 2.36. The topological polar surface area (TPSA) is 60.0 Å². The van der Waals surface area contributed by atoms with Crippen molar-refractivity contribution in [3.8, 4) is 23.0 Å². The van der Waals surface area contributed by atoms with Crippen molar-refractivity contribution < 1.29 is 23.8 Å². The fourth-order valence-electron chi connectivity index (χ4n) is 2.00. The van der Waals surface area contributed by atoms with Crippen LogP contribution >= 0.6 is 0 Å². The van der Waals surface area contributed by atoms with Crippen LogP contribution in [-0.4, -0.2) is 24.5 Å². The largest absolute Gasteiger partial charge is 0.486 e. The molecule has 1 aliphatic heterocycles. The van der Waals surface area contributed by atoms with Crippen molar-refractivity contribution in [2.24, 2.45) is 0 Å². The van der Waals surface area contributed by atoms with E-state index < -0.39 is 0 Å². The summed E-state index contributed by atoms with van der Waals surface area (Å²) in [5.74, 6) is 1.93. The number of fused-ring (bicyclic) bond motifs is 1. The Morgan fingerprint density at radius 1 is 1.14 bits per heavy atom. The molecule has 0 saturated heterocycles. The van der Waals surface area contributed by atoms with E-state index in [0.29, 0.717) is 29.6 Å². The summed E-state index contributed by atoms with van der Waals surface area (Å²) in [5, 5.41) is 8.70.